The van der Waals surface area contributed by atoms with E-state index in [1.54, 1.807) is 7.05 Å². The standard InChI is InChI=1S/C7H9ClF3N3/c1-12-3-2-4-5(7(9,10)11)13-14-6(4)8/h12H,2-3H2,1H3,(H,13,14). The van der Waals surface area contributed by atoms with Gasteiger partial charge >= 0.3 is 6.18 Å². The Bertz CT molecular complexity index is 308. The van der Waals surface area contributed by atoms with E-state index >= 15 is 0 Å². The SMILES string of the molecule is CNCCc1c(Cl)n[nH]c1C(F)(F)F. The summed E-state index contributed by atoms with van der Waals surface area (Å²) in [4.78, 5) is 0. The Labute approximate surface area is 83.6 Å². The summed E-state index contributed by atoms with van der Waals surface area (Å²) in [5.41, 5.74) is -0.855. The monoisotopic (exact) mass is 227 g/mol. The van der Waals surface area contributed by atoms with Gasteiger partial charge in [0.25, 0.3) is 0 Å². The molecule has 1 heterocycles. The zero-order valence-corrected chi connectivity index (χ0v) is 8.13. The van der Waals surface area contributed by atoms with Gasteiger partial charge < -0.3 is 5.32 Å². The molecule has 0 saturated heterocycles. The first-order valence-electron chi connectivity index (χ1n) is 3.91. The fourth-order valence-electron chi connectivity index (χ4n) is 1.06. The van der Waals surface area contributed by atoms with Crippen LogP contribution in [0.5, 0.6) is 0 Å². The number of H-pyrrole nitrogens is 1. The zero-order valence-electron chi connectivity index (χ0n) is 7.37. The van der Waals surface area contributed by atoms with Crippen LogP contribution in [0.2, 0.25) is 5.15 Å². The first-order chi connectivity index (χ1) is 6.46. The van der Waals surface area contributed by atoms with Crippen molar-refractivity contribution in [1.82, 2.24) is 15.5 Å². The van der Waals surface area contributed by atoms with Crippen molar-refractivity contribution in [2.75, 3.05) is 13.6 Å². The molecule has 0 unspecified atom stereocenters. The van der Waals surface area contributed by atoms with Gasteiger partial charge in [0.2, 0.25) is 0 Å². The highest BCUT2D eigenvalue weighted by Gasteiger charge is 2.36. The van der Waals surface area contributed by atoms with Crippen LogP contribution < -0.4 is 5.32 Å². The number of nitrogens with zero attached hydrogens (tertiary/aromatic N) is 1. The highest BCUT2D eigenvalue weighted by Crippen LogP contribution is 2.33. The molecule has 0 spiro atoms. The van der Waals surface area contributed by atoms with Crippen LogP contribution in [0.15, 0.2) is 0 Å². The fraction of sp³-hybridized carbons (Fsp3) is 0.571. The quantitative estimate of drug-likeness (QED) is 0.827. The van der Waals surface area contributed by atoms with E-state index in [0.717, 1.165) is 0 Å². The van der Waals surface area contributed by atoms with Crippen LogP contribution in [-0.2, 0) is 12.6 Å². The molecule has 0 aliphatic carbocycles. The number of hydrogen-bond acceptors (Lipinski definition) is 2. The third-order valence-electron chi connectivity index (χ3n) is 1.73. The lowest BCUT2D eigenvalue weighted by atomic mass is 10.2. The van der Waals surface area contributed by atoms with Crippen LogP contribution in [0.25, 0.3) is 0 Å². The number of likely N-dealkylation sites (N-methyl/N-ethyl adjacent to an activating group) is 1. The summed E-state index contributed by atoms with van der Waals surface area (Å²) in [6.07, 6.45) is -4.23. The van der Waals surface area contributed by atoms with Gasteiger partial charge in [-0.2, -0.15) is 18.3 Å². The van der Waals surface area contributed by atoms with E-state index in [9.17, 15) is 13.2 Å². The maximum atomic E-state index is 12.3. The fourth-order valence-corrected chi connectivity index (χ4v) is 1.29. The van der Waals surface area contributed by atoms with Gasteiger partial charge in [0.1, 0.15) is 5.69 Å². The molecular formula is C7H9ClF3N3. The van der Waals surface area contributed by atoms with Gasteiger partial charge in [0.05, 0.1) is 0 Å². The number of aromatic amines is 1. The number of hydrogen-bond donors (Lipinski definition) is 2. The topological polar surface area (TPSA) is 40.7 Å². The summed E-state index contributed by atoms with van der Waals surface area (Å²) in [5, 5.41) is 7.84. The van der Waals surface area contributed by atoms with Crippen molar-refractivity contribution in [3.05, 3.63) is 16.4 Å². The minimum Gasteiger partial charge on any atom is -0.319 e. The van der Waals surface area contributed by atoms with Crippen LogP contribution in [0.3, 0.4) is 0 Å². The van der Waals surface area contributed by atoms with Gasteiger partial charge in [-0.3, -0.25) is 5.10 Å². The molecule has 0 atom stereocenters. The van der Waals surface area contributed by atoms with Gasteiger partial charge in [0.15, 0.2) is 5.15 Å². The summed E-state index contributed by atoms with van der Waals surface area (Å²) < 4.78 is 37.0. The van der Waals surface area contributed by atoms with Crippen LogP contribution in [0.4, 0.5) is 13.2 Å². The molecular weight excluding hydrogens is 219 g/mol. The van der Waals surface area contributed by atoms with Crippen molar-refractivity contribution in [2.24, 2.45) is 0 Å². The number of aromatic nitrogens is 2. The Balaban J connectivity index is 2.94. The summed E-state index contributed by atoms with van der Waals surface area (Å²) in [6.45, 7) is 0.419. The molecule has 1 aromatic heterocycles. The van der Waals surface area contributed by atoms with E-state index in [1.165, 1.54) is 0 Å². The Kier molecular flexibility index (Phi) is 3.38. The van der Waals surface area contributed by atoms with Crippen LogP contribution in [0.1, 0.15) is 11.3 Å². The molecule has 3 nitrogen and oxygen atoms in total. The highest BCUT2D eigenvalue weighted by molar-refractivity contribution is 6.30. The van der Waals surface area contributed by atoms with Gasteiger partial charge in [-0.15, -0.1) is 0 Å². The number of halogens is 4. The maximum absolute atomic E-state index is 12.3. The van der Waals surface area contributed by atoms with Crippen molar-refractivity contribution in [3.8, 4) is 0 Å². The summed E-state index contributed by atoms with van der Waals surface area (Å²) in [6, 6.07) is 0. The average molecular weight is 228 g/mol. The summed E-state index contributed by atoms with van der Waals surface area (Å²) >= 11 is 5.52. The smallest absolute Gasteiger partial charge is 0.319 e. The Morgan fingerprint density at radius 3 is 2.64 bits per heavy atom. The Morgan fingerprint density at radius 2 is 2.14 bits per heavy atom. The molecule has 0 radical (unpaired) electrons. The number of nitrogens with one attached hydrogen (secondary N) is 2. The predicted molar refractivity (Wildman–Crippen MR) is 46.2 cm³/mol. The van der Waals surface area contributed by atoms with E-state index in [2.05, 4.69) is 10.4 Å². The molecule has 2 N–H and O–H groups in total. The van der Waals surface area contributed by atoms with Crippen molar-refractivity contribution < 1.29 is 13.2 Å². The number of alkyl halides is 3. The van der Waals surface area contributed by atoms with E-state index in [0.29, 0.717) is 6.54 Å². The summed E-state index contributed by atoms with van der Waals surface area (Å²) in [7, 11) is 1.65. The van der Waals surface area contributed by atoms with Crippen LogP contribution >= 0.6 is 11.6 Å². The van der Waals surface area contributed by atoms with Gasteiger partial charge in [-0.25, -0.2) is 0 Å². The van der Waals surface area contributed by atoms with Gasteiger partial charge in [0, 0.05) is 5.56 Å². The first-order valence-corrected chi connectivity index (χ1v) is 4.29. The molecule has 1 rings (SSSR count). The first kappa shape index (κ1) is 11.3. The highest BCUT2D eigenvalue weighted by atomic mass is 35.5. The van der Waals surface area contributed by atoms with Gasteiger partial charge in [-0.1, -0.05) is 11.6 Å². The second-order valence-corrected chi connectivity index (χ2v) is 3.08. The van der Waals surface area contributed by atoms with Gasteiger partial charge in [-0.05, 0) is 20.0 Å². The molecule has 0 fully saturated rings. The second kappa shape index (κ2) is 4.18. The second-order valence-electron chi connectivity index (χ2n) is 2.72. The largest absolute Gasteiger partial charge is 0.433 e. The zero-order chi connectivity index (χ0) is 10.8. The average Bonchev–Trinajstić information content (AvgIpc) is 2.42. The van der Waals surface area contributed by atoms with Crippen LogP contribution in [0, 0.1) is 0 Å². The van der Waals surface area contributed by atoms with Crippen molar-refractivity contribution in [2.45, 2.75) is 12.6 Å². The van der Waals surface area contributed by atoms with Crippen molar-refractivity contribution >= 4 is 11.6 Å². The minimum absolute atomic E-state index is 0.00789. The normalized spacial score (nSPS) is 12.1. The molecule has 0 aliphatic rings. The lowest BCUT2D eigenvalue weighted by Crippen LogP contribution is -2.14. The van der Waals surface area contributed by atoms with E-state index in [1.807, 2.05) is 5.10 Å². The molecule has 0 amide bonds. The van der Waals surface area contributed by atoms with E-state index < -0.39 is 11.9 Å². The summed E-state index contributed by atoms with van der Waals surface area (Å²) in [5.74, 6) is 0. The third-order valence-corrected chi connectivity index (χ3v) is 2.04. The van der Waals surface area contributed by atoms with E-state index in [4.69, 9.17) is 11.6 Å². The van der Waals surface area contributed by atoms with Crippen molar-refractivity contribution in [1.29, 1.82) is 0 Å². The molecule has 0 saturated carbocycles. The third kappa shape index (κ3) is 2.39. The minimum atomic E-state index is -4.43. The molecule has 80 valence electrons. The molecule has 0 bridgehead atoms. The molecule has 1 aromatic rings. The van der Waals surface area contributed by atoms with E-state index in [-0.39, 0.29) is 17.1 Å². The van der Waals surface area contributed by atoms with Crippen LogP contribution in [-0.4, -0.2) is 23.8 Å². The maximum Gasteiger partial charge on any atom is 0.433 e. The molecule has 7 heteroatoms. The van der Waals surface area contributed by atoms with Crippen molar-refractivity contribution in [3.63, 3.8) is 0 Å². The number of rotatable bonds is 3. The lowest BCUT2D eigenvalue weighted by molar-refractivity contribution is -0.141. The molecule has 14 heavy (non-hydrogen) atoms. The molecule has 0 aliphatic heterocycles. The predicted octanol–water partition coefficient (Wildman–Crippen LogP) is 1.84. The Hall–Kier alpha value is -0.750. The Morgan fingerprint density at radius 1 is 1.50 bits per heavy atom. The lowest BCUT2D eigenvalue weighted by Gasteiger charge is -2.06. The molecule has 0 aromatic carbocycles.